The van der Waals surface area contributed by atoms with E-state index in [1.807, 2.05) is 16.0 Å². The molecule has 5 amide bonds. The van der Waals surface area contributed by atoms with E-state index in [4.69, 9.17) is 32.5 Å². The van der Waals surface area contributed by atoms with Gasteiger partial charge in [0.25, 0.3) is 0 Å². The standard InChI is InChI=1S/C16H24N6O11/c17-5(1-9(18)23)13(29)20-6(3-11(25)26)14(30)21-7(4-12(27)28)15(31)22-8(16(32)33)2-10(19)24/h5-8H,1-4,17H2,(H2,18,23)(H2,19,24)(H,20,29)(H,21,30)(H,22,31)(H,25,26)(H,27,28)(H,32,33). The highest BCUT2D eigenvalue weighted by atomic mass is 16.4. The van der Waals surface area contributed by atoms with Gasteiger partial charge in [-0.25, -0.2) is 4.79 Å². The van der Waals surface area contributed by atoms with Crippen molar-refractivity contribution in [2.24, 2.45) is 17.2 Å². The van der Waals surface area contributed by atoms with Crippen LogP contribution >= 0.6 is 0 Å². The van der Waals surface area contributed by atoms with Crippen LogP contribution < -0.4 is 33.2 Å². The number of carboxylic acid groups (broad SMARTS) is 3. The summed E-state index contributed by atoms with van der Waals surface area (Å²) in [6.07, 6.45) is -3.57. The summed E-state index contributed by atoms with van der Waals surface area (Å²) in [5.74, 6) is -10.7. The Morgan fingerprint density at radius 3 is 1.27 bits per heavy atom. The number of hydrogen-bond donors (Lipinski definition) is 9. The number of nitrogens with one attached hydrogen (secondary N) is 3. The minimum atomic E-state index is -1.93. The zero-order valence-corrected chi connectivity index (χ0v) is 17.0. The average molecular weight is 476 g/mol. The fraction of sp³-hybridized carbons (Fsp3) is 0.500. The third-order valence-corrected chi connectivity index (χ3v) is 3.80. The molecule has 0 heterocycles. The smallest absolute Gasteiger partial charge is 0.326 e. The first-order valence-electron chi connectivity index (χ1n) is 9.03. The molecule has 184 valence electrons. The first kappa shape index (κ1) is 28.7. The summed E-state index contributed by atoms with van der Waals surface area (Å²) in [5, 5.41) is 32.6. The highest BCUT2D eigenvalue weighted by molar-refractivity contribution is 5.97. The summed E-state index contributed by atoms with van der Waals surface area (Å²) < 4.78 is 0. The molecule has 0 aromatic rings. The van der Waals surface area contributed by atoms with Crippen molar-refractivity contribution >= 4 is 47.4 Å². The van der Waals surface area contributed by atoms with Crippen LogP contribution in [0.15, 0.2) is 0 Å². The summed E-state index contributed by atoms with van der Waals surface area (Å²) in [4.78, 5) is 91.8. The molecular formula is C16H24N6O11. The molecular weight excluding hydrogens is 452 g/mol. The number of amides is 5. The third-order valence-electron chi connectivity index (χ3n) is 3.80. The maximum absolute atomic E-state index is 12.5. The predicted molar refractivity (Wildman–Crippen MR) is 104 cm³/mol. The van der Waals surface area contributed by atoms with Crippen molar-refractivity contribution in [2.45, 2.75) is 49.9 Å². The van der Waals surface area contributed by atoms with E-state index in [1.165, 1.54) is 0 Å². The summed E-state index contributed by atoms with van der Waals surface area (Å²) in [7, 11) is 0. The molecule has 0 bridgehead atoms. The highest BCUT2D eigenvalue weighted by Gasteiger charge is 2.33. The minimum absolute atomic E-state index is 0.631. The van der Waals surface area contributed by atoms with Crippen LogP contribution in [-0.4, -0.2) is 86.9 Å². The zero-order chi connectivity index (χ0) is 25.9. The SMILES string of the molecule is NC(=O)CC(N)C(=O)NC(CC(=O)O)C(=O)NC(CC(=O)O)C(=O)NC(CC(N)=O)C(=O)O. The lowest BCUT2D eigenvalue weighted by atomic mass is 10.1. The average Bonchev–Trinajstić information content (AvgIpc) is 2.64. The molecule has 12 N–H and O–H groups in total. The second-order valence-corrected chi connectivity index (χ2v) is 6.66. The lowest BCUT2D eigenvalue weighted by molar-refractivity contribution is -0.145. The lowest BCUT2D eigenvalue weighted by Gasteiger charge is -2.23. The zero-order valence-electron chi connectivity index (χ0n) is 17.0. The summed E-state index contributed by atoms with van der Waals surface area (Å²) in [5.41, 5.74) is 15.2. The largest absolute Gasteiger partial charge is 0.481 e. The predicted octanol–water partition coefficient (Wildman–Crippen LogP) is -5.45. The van der Waals surface area contributed by atoms with Crippen LogP contribution in [0.1, 0.15) is 25.7 Å². The van der Waals surface area contributed by atoms with Crippen LogP contribution in [0.25, 0.3) is 0 Å². The van der Waals surface area contributed by atoms with Crippen molar-refractivity contribution < 1.29 is 53.7 Å². The number of aliphatic carboxylic acids is 3. The molecule has 0 radical (unpaired) electrons. The first-order chi connectivity index (χ1) is 15.1. The maximum atomic E-state index is 12.5. The van der Waals surface area contributed by atoms with Gasteiger partial charge in [0.1, 0.15) is 18.1 Å². The van der Waals surface area contributed by atoms with Gasteiger partial charge in [0, 0.05) is 0 Å². The molecule has 0 aromatic carbocycles. The fourth-order valence-electron chi connectivity index (χ4n) is 2.30. The van der Waals surface area contributed by atoms with Gasteiger partial charge in [0.15, 0.2) is 0 Å². The number of carboxylic acids is 3. The van der Waals surface area contributed by atoms with Crippen molar-refractivity contribution in [3.63, 3.8) is 0 Å². The Morgan fingerprint density at radius 1 is 0.576 bits per heavy atom. The van der Waals surface area contributed by atoms with Gasteiger partial charge in [-0.1, -0.05) is 0 Å². The van der Waals surface area contributed by atoms with E-state index in [9.17, 15) is 38.4 Å². The van der Waals surface area contributed by atoms with Crippen LogP contribution in [0.4, 0.5) is 0 Å². The quantitative estimate of drug-likeness (QED) is 0.107. The molecule has 4 unspecified atom stereocenters. The Morgan fingerprint density at radius 2 is 0.939 bits per heavy atom. The van der Waals surface area contributed by atoms with Gasteiger partial charge in [0.05, 0.1) is 31.7 Å². The van der Waals surface area contributed by atoms with Crippen LogP contribution in [0, 0.1) is 0 Å². The van der Waals surface area contributed by atoms with Gasteiger partial charge in [-0.05, 0) is 0 Å². The van der Waals surface area contributed by atoms with Gasteiger partial charge >= 0.3 is 17.9 Å². The minimum Gasteiger partial charge on any atom is -0.481 e. The maximum Gasteiger partial charge on any atom is 0.326 e. The Balaban J connectivity index is 5.58. The van der Waals surface area contributed by atoms with Gasteiger partial charge in [-0.3, -0.25) is 33.6 Å². The van der Waals surface area contributed by atoms with Crippen LogP contribution in [0.2, 0.25) is 0 Å². The second kappa shape index (κ2) is 13.2. The van der Waals surface area contributed by atoms with E-state index < -0.39 is 97.3 Å². The molecule has 0 saturated carbocycles. The number of hydrogen-bond acceptors (Lipinski definition) is 9. The Kier molecular flexibility index (Phi) is 11.5. The van der Waals surface area contributed by atoms with E-state index >= 15 is 0 Å². The molecule has 0 fully saturated rings. The molecule has 17 heteroatoms. The van der Waals surface area contributed by atoms with E-state index in [0.29, 0.717) is 0 Å². The molecule has 0 aliphatic carbocycles. The van der Waals surface area contributed by atoms with Crippen molar-refractivity contribution in [1.82, 2.24) is 16.0 Å². The van der Waals surface area contributed by atoms with Gasteiger partial charge in [-0.2, -0.15) is 0 Å². The van der Waals surface area contributed by atoms with E-state index in [-0.39, 0.29) is 0 Å². The molecule has 0 rings (SSSR count). The highest BCUT2D eigenvalue weighted by Crippen LogP contribution is 2.02. The van der Waals surface area contributed by atoms with Crippen LogP contribution in [0.5, 0.6) is 0 Å². The molecule has 0 spiro atoms. The molecule has 33 heavy (non-hydrogen) atoms. The molecule has 0 saturated heterocycles. The number of carbonyl (C=O) groups is 8. The van der Waals surface area contributed by atoms with E-state index in [1.54, 1.807) is 0 Å². The number of carbonyl (C=O) groups excluding carboxylic acids is 5. The molecule has 0 aliphatic rings. The van der Waals surface area contributed by atoms with Gasteiger partial charge in [0.2, 0.25) is 29.5 Å². The topological polar surface area (TPSA) is 311 Å². The van der Waals surface area contributed by atoms with Crippen LogP contribution in [0.3, 0.4) is 0 Å². The van der Waals surface area contributed by atoms with Gasteiger partial charge in [-0.15, -0.1) is 0 Å². The number of primary amides is 2. The number of rotatable bonds is 15. The Hall–Kier alpha value is -4.28. The van der Waals surface area contributed by atoms with Crippen LogP contribution in [-0.2, 0) is 38.4 Å². The Labute approximate surface area is 185 Å². The lowest BCUT2D eigenvalue weighted by Crippen LogP contribution is -2.58. The second-order valence-electron chi connectivity index (χ2n) is 6.66. The molecule has 0 aromatic heterocycles. The molecule has 17 nitrogen and oxygen atoms in total. The summed E-state index contributed by atoms with van der Waals surface area (Å²) in [6, 6.07) is -7.17. The van der Waals surface area contributed by atoms with Crippen molar-refractivity contribution in [3.05, 3.63) is 0 Å². The van der Waals surface area contributed by atoms with Crippen molar-refractivity contribution in [1.29, 1.82) is 0 Å². The van der Waals surface area contributed by atoms with Crippen molar-refractivity contribution in [2.75, 3.05) is 0 Å². The monoisotopic (exact) mass is 476 g/mol. The Bertz CT molecular complexity index is 830. The first-order valence-corrected chi connectivity index (χ1v) is 9.03. The fourth-order valence-corrected chi connectivity index (χ4v) is 2.30. The van der Waals surface area contributed by atoms with Gasteiger partial charge < -0.3 is 48.5 Å². The molecule has 0 aliphatic heterocycles. The summed E-state index contributed by atoms with van der Waals surface area (Å²) in [6.45, 7) is 0. The summed E-state index contributed by atoms with van der Waals surface area (Å²) >= 11 is 0. The molecule has 4 atom stereocenters. The van der Waals surface area contributed by atoms with E-state index in [0.717, 1.165) is 0 Å². The normalized spacial score (nSPS) is 14.0. The van der Waals surface area contributed by atoms with E-state index in [2.05, 4.69) is 0 Å². The van der Waals surface area contributed by atoms with Crippen molar-refractivity contribution in [3.8, 4) is 0 Å². The third kappa shape index (κ3) is 11.6. The number of nitrogens with two attached hydrogens (primary N) is 3.